The lowest BCUT2D eigenvalue weighted by Crippen LogP contribution is -2.37. The fraction of sp³-hybridized carbons (Fsp3) is 0.682. The Labute approximate surface area is 329 Å². The number of hydrogen-bond acceptors (Lipinski definition) is 7. The molecule has 0 aliphatic rings. The summed E-state index contributed by atoms with van der Waals surface area (Å²) in [5.74, 6) is -0.978. The summed E-state index contributed by atoms with van der Waals surface area (Å²) in [5.41, 5.74) is 0. The van der Waals surface area contributed by atoms with Crippen molar-refractivity contribution in [2.75, 3.05) is 47.5 Å². The fourth-order valence-electron chi connectivity index (χ4n) is 4.94. The molecule has 0 amide bonds. The van der Waals surface area contributed by atoms with Crippen molar-refractivity contribution in [3.8, 4) is 0 Å². The lowest BCUT2D eigenvalue weighted by molar-refractivity contribution is -0.870. The van der Waals surface area contributed by atoms with Crippen LogP contribution < -0.4 is 0 Å². The zero-order valence-electron chi connectivity index (χ0n) is 34.7. The molecule has 0 radical (unpaired) electrons. The molecule has 9 nitrogen and oxygen atoms in total. The summed E-state index contributed by atoms with van der Waals surface area (Å²) in [4.78, 5) is 35.2. The van der Waals surface area contributed by atoms with Gasteiger partial charge in [0.1, 0.15) is 19.8 Å². The third kappa shape index (κ3) is 39.2. The topological polar surface area (TPSA) is 108 Å². The third-order valence-electron chi connectivity index (χ3n) is 8.24. The van der Waals surface area contributed by atoms with Gasteiger partial charge in [0.15, 0.2) is 6.10 Å². The maximum Gasteiger partial charge on any atom is 0.472 e. The van der Waals surface area contributed by atoms with Gasteiger partial charge >= 0.3 is 19.8 Å². The van der Waals surface area contributed by atoms with E-state index in [0.717, 1.165) is 38.5 Å². The average Bonchev–Trinajstić information content (AvgIpc) is 3.12. The number of phosphoric acid groups is 1. The highest BCUT2D eigenvalue weighted by atomic mass is 31.2. The maximum absolute atomic E-state index is 12.6. The second-order valence-electron chi connectivity index (χ2n) is 14.7. The van der Waals surface area contributed by atoms with E-state index in [2.05, 4.69) is 62.5 Å². The Hall–Kier alpha value is -2.55. The summed E-state index contributed by atoms with van der Waals surface area (Å²) < 4.78 is 34.0. The SMILES string of the molecule is CCCC/C=C\C/C=C\C/C=C\C/C=C\CCC(=O)OCC(COP(=O)(O)OCC[N+](C)(C)C)OC(=O)CC/C=C\C/C=C\CCCCCCCCCC. The number of quaternary nitrogens is 1. The molecule has 2 atom stereocenters. The van der Waals surface area contributed by atoms with Crippen molar-refractivity contribution >= 4 is 19.8 Å². The molecule has 10 heteroatoms. The lowest BCUT2D eigenvalue weighted by Gasteiger charge is -2.24. The molecule has 0 saturated heterocycles. The molecule has 0 rings (SSSR count). The largest absolute Gasteiger partial charge is 0.472 e. The minimum atomic E-state index is -4.40. The summed E-state index contributed by atoms with van der Waals surface area (Å²) in [6.45, 7) is 4.20. The number of carbonyl (C=O) groups excluding carboxylic acids is 2. The van der Waals surface area contributed by atoms with Gasteiger partial charge in [-0.3, -0.25) is 18.6 Å². The number of hydrogen-bond donors (Lipinski definition) is 1. The van der Waals surface area contributed by atoms with Gasteiger partial charge in [-0.15, -0.1) is 0 Å². The first-order valence-corrected chi connectivity index (χ1v) is 22.2. The first-order chi connectivity index (χ1) is 26.0. The highest BCUT2D eigenvalue weighted by molar-refractivity contribution is 7.47. The predicted octanol–water partition coefficient (Wildman–Crippen LogP) is 11.5. The maximum atomic E-state index is 12.6. The van der Waals surface area contributed by atoms with Crippen LogP contribution in [-0.2, 0) is 32.7 Å². The van der Waals surface area contributed by atoms with E-state index in [1.165, 1.54) is 64.2 Å². The quantitative estimate of drug-likeness (QED) is 0.0220. The van der Waals surface area contributed by atoms with Crippen molar-refractivity contribution in [1.82, 2.24) is 0 Å². The summed E-state index contributed by atoms with van der Waals surface area (Å²) in [6, 6.07) is 0. The number of allylic oxidation sites excluding steroid dienone is 12. The Morgan fingerprint density at radius 2 is 1.02 bits per heavy atom. The molecule has 0 aliphatic heterocycles. The molecule has 0 bridgehead atoms. The van der Waals surface area contributed by atoms with E-state index >= 15 is 0 Å². The van der Waals surface area contributed by atoms with Gasteiger partial charge in [0.05, 0.1) is 27.7 Å². The molecule has 1 N–H and O–H groups in total. The van der Waals surface area contributed by atoms with Crippen LogP contribution in [0.2, 0.25) is 0 Å². The van der Waals surface area contributed by atoms with Crippen LogP contribution in [0, 0.1) is 0 Å². The first-order valence-electron chi connectivity index (χ1n) is 20.7. The predicted molar refractivity (Wildman–Crippen MR) is 224 cm³/mol. The highest BCUT2D eigenvalue weighted by Gasteiger charge is 2.27. The Bertz CT molecular complexity index is 1150. The second kappa shape index (κ2) is 36.1. The van der Waals surface area contributed by atoms with E-state index in [4.69, 9.17) is 18.5 Å². The number of likely N-dealkylation sites (N-methyl/N-ethyl adjacent to an activating group) is 1. The van der Waals surface area contributed by atoms with E-state index in [9.17, 15) is 19.0 Å². The fourth-order valence-corrected chi connectivity index (χ4v) is 5.68. The first kappa shape index (κ1) is 51.5. The molecule has 54 heavy (non-hydrogen) atoms. The number of esters is 2. The Kier molecular flexibility index (Phi) is 34.4. The van der Waals surface area contributed by atoms with Crippen molar-refractivity contribution in [1.29, 1.82) is 0 Å². The van der Waals surface area contributed by atoms with Gasteiger partial charge in [0, 0.05) is 12.8 Å². The van der Waals surface area contributed by atoms with Gasteiger partial charge in [0.25, 0.3) is 0 Å². The zero-order valence-corrected chi connectivity index (χ0v) is 35.6. The van der Waals surface area contributed by atoms with Crippen LogP contribution in [0.4, 0.5) is 0 Å². The van der Waals surface area contributed by atoms with Gasteiger partial charge < -0.3 is 18.9 Å². The van der Waals surface area contributed by atoms with Gasteiger partial charge in [-0.2, -0.15) is 0 Å². The summed E-state index contributed by atoms with van der Waals surface area (Å²) in [7, 11) is 1.40. The van der Waals surface area contributed by atoms with Crippen molar-refractivity contribution < 1.29 is 42.1 Å². The molecule has 0 aromatic carbocycles. The van der Waals surface area contributed by atoms with Crippen LogP contribution in [0.15, 0.2) is 72.9 Å². The Morgan fingerprint density at radius 3 is 1.54 bits per heavy atom. The van der Waals surface area contributed by atoms with E-state index < -0.39 is 32.5 Å². The van der Waals surface area contributed by atoms with Crippen LogP contribution >= 0.6 is 7.82 Å². The third-order valence-corrected chi connectivity index (χ3v) is 9.22. The number of rotatable bonds is 36. The average molecular weight is 779 g/mol. The number of phosphoric ester groups is 1. The van der Waals surface area contributed by atoms with Crippen LogP contribution in [0.1, 0.15) is 142 Å². The Balaban J connectivity index is 4.61. The van der Waals surface area contributed by atoms with E-state index in [1.807, 2.05) is 45.4 Å². The lowest BCUT2D eigenvalue weighted by atomic mass is 10.1. The van der Waals surface area contributed by atoms with Gasteiger partial charge in [-0.1, -0.05) is 145 Å². The summed E-state index contributed by atoms with van der Waals surface area (Å²) in [6.07, 6.45) is 44.1. The van der Waals surface area contributed by atoms with E-state index in [1.54, 1.807) is 0 Å². The molecule has 0 fully saturated rings. The molecule has 0 aliphatic carbocycles. The van der Waals surface area contributed by atoms with Crippen LogP contribution in [0.5, 0.6) is 0 Å². The number of ether oxygens (including phenoxy) is 2. The van der Waals surface area contributed by atoms with Crippen molar-refractivity contribution in [2.24, 2.45) is 0 Å². The highest BCUT2D eigenvalue weighted by Crippen LogP contribution is 2.43. The van der Waals surface area contributed by atoms with Crippen LogP contribution in [-0.4, -0.2) is 74.9 Å². The molecule has 0 aromatic heterocycles. The standard InChI is InChI=1S/C44H76NO8P/c1-6-8-10-12-14-16-18-20-22-24-26-28-30-32-34-36-43(46)50-40-42(41-52-54(48,49)51-39-38-45(3,4)5)53-44(47)37-35-33-31-29-27-25-23-21-19-17-15-13-11-9-7-2/h12,14,18,20,24-27,30-33,42H,6-11,13,15-17,19,21-23,28-29,34-41H2,1-5H3/p+1/b14-12-,20-18-,26-24-,27-25-,32-30-,33-31-. The van der Waals surface area contributed by atoms with Gasteiger partial charge in [-0.25, -0.2) is 4.57 Å². The van der Waals surface area contributed by atoms with Gasteiger partial charge in [0.2, 0.25) is 0 Å². The van der Waals surface area contributed by atoms with Crippen LogP contribution in [0.25, 0.3) is 0 Å². The van der Waals surface area contributed by atoms with Crippen molar-refractivity contribution in [3.05, 3.63) is 72.9 Å². The molecule has 310 valence electrons. The second-order valence-corrected chi connectivity index (χ2v) is 16.1. The number of carbonyl (C=O) groups is 2. The molecular weight excluding hydrogens is 701 g/mol. The molecule has 0 spiro atoms. The number of nitrogens with zero attached hydrogens (tertiary/aromatic N) is 1. The summed E-state index contributed by atoms with van der Waals surface area (Å²) >= 11 is 0. The molecular formula is C44H77NO8P+. The van der Waals surface area contributed by atoms with Gasteiger partial charge in [-0.05, 0) is 57.8 Å². The zero-order chi connectivity index (χ0) is 40.0. The smallest absolute Gasteiger partial charge is 0.462 e. The molecule has 0 aromatic rings. The van der Waals surface area contributed by atoms with Crippen molar-refractivity contribution in [3.63, 3.8) is 0 Å². The minimum Gasteiger partial charge on any atom is -0.462 e. The molecule has 2 unspecified atom stereocenters. The van der Waals surface area contributed by atoms with Crippen LogP contribution in [0.3, 0.4) is 0 Å². The monoisotopic (exact) mass is 779 g/mol. The number of unbranched alkanes of at least 4 members (excludes halogenated alkanes) is 10. The molecule has 0 saturated carbocycles. The summed E-state index contributed by atoms with van der Waals surface area (Å²) in [5, 5.41) is 0. The normalized spacial score (nSPS) is 14.4. The Morgan fingerprint density at radius 1 is 0.574 bits per heavy atom. The van der Waals surface area contributed by atoms with E-state index in [0.29, 0.717) is 23.9 Å². The minimum absolute atomic E-state index is 0.00879. The molecule has 0 heterocycles. The van der Waals surface area contributed by atoms with E-state index in [-0.39, 0.29) is 26.1 Å². The van der Waals surface area contributed by atoms with Crippen molar-refractivity contribution in [2.45, 2.75) is 148 Å².